The van der Waals surface area contributed by atoms with E-state index in [9.17, 15) is 0 Å². The van der Waals surface area contributed by atoms with Gasteiger partial charge in [0, 0.05) is 22.1 Å². The molecule has 31 heavy (non-hydrogen) atoms. The van der Waals surface area contributed by atoms with Crippen molar-refractivity contribution >= 4 is 46.4 Å². The van der Waals surface area contributed by atoms with E-state index >= 15 is 0 Å². The van der Waals surface area contributed by atoms with Gasteiger partial charge in [-0.05, 0) is 84.3 Å². The van der Waals surface area contributed by atoms with Crippen LogP contribution < -0.4 is 0 Å². The van der Waals surface area contributed by atoms with Crippen molar-refractivity contribution < 1.29 is 0 Å². The minimum Gasteiger partial charge on any atom is -0.355 e. The fourth-order valence-electron chi connectivity index (χ4n) is 4.04. The number of nitrogens with one attached hydrogen (secondary N) is 2. The average Bonchev–Trinajstić information content (AvgIpc) is 3.55. The maximum Gasteiger partial charge on any atom is 0.0658 e. The highest BCUT2D eigenvalue weighted by molar-refractivity contribution is 5.78. The van der Waals surface area contributed by atoms with Gasteiger partial charge in [-0.25, -0.2) is 9.97 Å². The minimum absolute atomic E-state index is 0.856. The van der Waals surface area contributed by atoms with E-state index in [0.717, 1.165) is 51.3 Å². The molecule has 0 amide bonds. The van der Waals surface area contributed by atoms with Crippen molar-refractivity contribution in [3.8, 4) is 0 Å². The van der Waals surface area contributed by atoms with Crippen molar-refractivity contribution in [1.82, 2.24) is 19.9 Å². The van der Waals surface area contributed by atoms with Gasteiger partial charge in [0.15, 0.2) is 0 Å². The molecule has 148 valence electrons. The zero-order chi connectivity index (χ0) is 20.6. The topological polar surface area (TPSA) is 57.4 Å². The molecule has 4 heteroatoms. The number of hydrogen-bond donors (Lipinski definition) is 2. The Bertz CT molecular complexity index is 1500. The Morgan fingerprint density at radius 3 is 1.77 bits per heavy atom. The lowest BCUT2D eigenvalue weighted by Crippen LogP contribution is -1.85. The summed E-state index contributed by atoms with van der Waals surface area (Å²) in [6.45, 7) is 0. The highest BCUT2D eigenvalue weighted by atomic mass is 14.8. The van der Waals surface area contributed by atoms with Crippen LogP contribution in [0.25, 0.3) is 46.4 Å². The first-order valence-corrected chi connectivity index (χ1v) is 10.4. The lowest BCUT2D eigenvalue weighted by atomic mass is 10.1. The molecule has 2 aliphatic heterocycles. The maximum atomic E-state index is 4.78. The number of benzene rings is 1. The SMILES string of the molecule is C1=Cc2cc3cc(Cc4ccccc4)c(cc4nc(cc5ccc(cc1n2)[nH]5)C=C4)[nH]3. The lowest BCUT2D eigenvalue weighted by molar-refractivity contribution is 1.22. The second-order valence-electron chi connectivity index (χ2n) is 7.86. The summed E-state index contributed by atoms with van der Waals surface area (Å²) in [5.41, 5.74) is 10.4. The highest BCUT2D eigenvalue weighted by Crippen LogP contribution is 2.21. The molecule has 3 aromatic heterocycles. The van der Waals surface area contributed by atoms with Crippen LogP contribution in [-0.2, 0) is 6.42 Å². The average molecular weight is 400 g/mol. The molecule has 0 aliphatic carbocycles. The van der Waals surface area contributed by atoms with Crippen LogP contribution in [0.1, 0.15) is 33.9 Å². The molecule has 5 heterocycles. The fraction of sp³-hybridized carbons (Fsp3) is 0.0370. The van der Waals surface area contributed by atoms with Gasteiger partial charge in [0.05, 0.1) is 22.8 Å². The van der Waals surface area contributed by atoms with Gasteiger partial charge in [0.1, 0.15) is 0 Å². The summed E-state index contributed by atoms with van der Waals surface area (Å²) in [7, 11) is 0. The molecule has 0 saturated heterocycles. The highest BCUT2D eigenvalue weighted by Gasteiger charge is 2.06. The van der Waals surface area contributed by atoms with Gasteiger partial charge >= 0.3 is 0 Å². The normalized spacial score (nSPS) is 12.4. The van der Waals surface area contributed by atoms with E-state index in [1.165, 1.54) is 11.1 Å². The Labute approximate surface area is 179 Å². The number of aromatic amines is 2. The molecule has 4 aromatic rings. The van der Waals surface area contributed by atoms with E-state index < -0.39 is 0 Å². The molecule has 0 radical (unpaired) electrons. The zero-order valence-electron chi connectivity index (χ0n) is 16.8. The van der Waals surface area contributed by atoms with Gasteiger partial charge in [0.2, 0.25) is 0 Å². The standard InChI is InChI=1S/C27H20N4/c1-2-4-18(5-3-1)12-19-13-26-16-24-9-8-22(29-24)14-20-6-7-21(28-20)15-23-10-11-25(30-23)17-27(19)31-26/h1-11,13-17,28,31H,12H2. The van der Waals surface area contributed by atoms with Gasteiger partial charge in [-0.1, -0.05) is 30.3 Å². The van der Waals surface area contributed by atoms with E-state index in [4.69, 9.17) is 9.97 Å². The molecule has 4 nitrogen and oxygen atoms in total. The summed E-state index contributed by atoms with van der Waals surface area (Å²) in [5.74, 6) is 0. The van der Waals surface area contributed by atoms with Crippen LogP contribution in [0.4, 0.5) is 0 Å². The molecule has 2 aliphatic rings. The summed E-state index contributed by atoms with van der Waals surface area (Å²) in [5, 5.41) is 0. The lowest BCUT2D eigenvalue weighted by Gasteiger charge is -1.99. The van der Waals surface area contributed by atoms with E-state index in [1.54, 1.807) is 0 Å². The first kappa shape index (κ1) is 17.7. The Morgan fingerprint density at radius 1 is 0.548 bits per heavy atom. The van der Waals surface area contributed by atoms with E-state index in [1.807, 2.05) is 24.3 Å². The summed E-state index contributed by atoms with van der Waals surface area (Å²) in [6.07, 6.45) is 9.05. The van der Waals surface area contributed by atoms with Gasteiger partial charge in [-0.3, -0.25) is 0 Å². The van der Waals surface area contributed by atoms with Crippen LogP contribution in [0.5, 0.6) is 0 Å². The Kier molecular flexibility index (Phi) is 4.13. The number of aromatic nitrogens is 4. The number of rotatable bonds is 2. The van der Waals surface area contributed by atoms with Crippen LogP contribution in [0.3, 0.4) is 0 Å². The number of H-pyrrole nitrogens is 2. The third-order valence-corrected chi connectivity index (χ3v) is 5.49. The quantitative estimate of drug-likeness (QED) is 0.361. The van der Waals surface area contributed by atoms with Gasteiger partial charge in [-0.2, -0.15) is 0 Å². The molecule has 1 aromatic carbocycles. The van der Waals surface area contributed by atoms with Crippen LogP contribution in [0, 0.1) is 0 Å². The number of nitrogens with zero attached hydrogens (tertiary/aromatic N) is 2. The second-order valence-corrected chi connectivity index (χ2v) is 7.86. The van der Waals surface area contributed by atoms with Crippen LogP contribution >= 0.6 is 0 Å². The van der Waals surface area contributed by atoms with Crippen molar-refractivity contribution in [2.24, 2.45) is 0 Å². The van der Waals surface area contributed by atoms with Gasteiger partial charge < -0.3 is 9.97 Å². The van der Waals surface area contributed by atoms with Crippen molar-refractivity contribution in [2.45, 2.75) is 6.42 Å². The zero-order valence-corrected chi connectivity index (χ0v) is 16.8. The molecule has 0 spiro atoms. The predicted molar refractivity (Wildman–Crippen MR) is 128 cm³/mol. The molecule has 2 N–H and O–H groups in total. The second kappa shape index (κ2) is 7.26. The first-order valence-electron chi connectivity index (χ1n) is 10.4. The number of hydrogen-bond acceptors (Lipinski definition) is 2. The molecule has 0 unspecified atom stereocenters. The summed E-state index contributed by atoms with van der Waals surface area (Å²) in [4.78, 5) is 16.5. The maximum absolute atomic E-state index is 4.78. The summed E-state index contributed by atoms with van der Waals surface area (Å²) < 4.78 is 0. The molecule has 8 bridgehead atoms. The van der Waals surface area contributed by atoms with Gasteiger partial charge in [0.25, 0.3) is 0 Å². The number of fused-ring (bicyclic) bond motifs is 8. The van der Waals surface area contributed by atoms with Crippen LogP contribution in [0.2, 0.25) is 0 Å². The Hall–Kier alpha value is -4.18. The predicted octanol–water partition coefficient (Wildman–Crippen LogP) is 6.25. The largest absolute Gasteiger partial charge is 0.355 e. The third-order valence-electron chi connectivity index (χ3n) is 5.49. The third kappa shape index (κ3) is 3.71. The van der Waals surface area contributed by atoms with Gasteiger partial charge in [-0.15, -0.1) is 0 Å². The van der Waals surface area contributed by atoms with E-state index in [2.05, 4.69) is 82.8 Å². The van der Waals surface area contributed by atoms with Crippen LogP contribution in [0.15, 0.2) is 72.8 Å². The Balaban J connectivity index is 1.60. The first-order chi connectivity index (χ1) is 15.3. The fourth-order valence-corrected chi connectivity index (χ4v) is 4.04. The Morgan fingerprint density at radius 2 is 1.13 bits per heavy atom. The molecule has 0 fully saturated rings. The van der Waals surface area contributed by atoms with E-state index in [0.29, 0.717) is 0 Å². The van der Waals surface area contributed by atoms with Crippen molar-refractivity contribution in [3.05, 3.63) is 107 Å². The van der Waals surface area contributed by atoms with Crippen molar-refractivity contribution in [1.29, 1.82) is 0 Å². The minimum atomic E-state index is 0.856. The molecule has 0 saturated carbocycles. The van der Waals surface area contributed by atoms with Crippen molar-refractivity contribution in [3.63, 3.8) is 0 Å². The summed E-state index contributed by atoms with van der Waals surface area (Å²) >= 11 is 0. The van der Waals surface area contributed by atoms with Crippen LogP contribution in [-0.4, -0.2) is 19.9 Å². The molecular weight excluding hydrogens is 380 g/mol. The molecule has 0 atom stereocenters. The van der Waals surface area contributed by atoms with Crippen molar-refractivity contribution in [2.75, 3.05) is 0 Å². The van der Waals surface area contributed by atoms with E-state index in [-0.39, 0.29) is 0 Å². The summed E-state index contributed by atoms with van der Waals surface area (Å²) in [6, 6.07) is 25.2. The molecule has 6 rings (SSSR count). The monoisotopic (exact) mass is 400 g/mol. The molecular formula is C27H20N4. The smallest absolute Gasteiger partial charge is 0.0658 e.